The van der Waals surface area contributed by atoms with Crippen molar-refractivity contribution in [1.29, 1.82) is 0 Å². The molecule has 0 aliphatic carbocycles. The lowest BCUT2D eigenvalue weighted by Crippen LogP contribution is -2.59. The van der Waals surface area contributed by atoms with E-state index in [1.165, 1.54) is 7.11 Å². The van der Waals surface area contributed by atoms with E-state index in [2.05, 4.69) is 5.43 Å². The maximum absolute atomic E-state index is 13.4. The van der Waals surface area contributed by atoms with Gasteiger partial charge in [0.05, 0.1) is 7.11 Å². The summed E-state index contributed by atoms with van der Waals surface area (Å²) in [5.74, 6) is -1.31. The topological polar surface area (TPSA) is 114 Å². The number of nitrogens with one attached hydrogen (secondary N) is 1. The van der Waals surface area contributed by atoms with Gasteiger partial charge in [-0.1, -0.05) is 103 Å². The molecule has 43 heavy (non-hydrogen) atoms. The van der Waals surface area contributed by atoms with E-state index < -0.39 is 30.1 Å². The maximum Gasteiger partial charge on any atom is 0.425 e. The highest BCUT2D eigenvalue weighted by Gasteiger charge is 2.35. The molecule has 2 atom stereocenters. The molecule has 0 heterocycles. The number of carboxylic acids is 1. The normalized spacial score (nSPS) is 12.0. The molecule has 4 aromatic rings. The number of ether oxygens (including phenoxy) is 3. The molecule has 222 valence electrons. The Balaban J connectivity index is 1.52. The molecule has 0 aromatic heterocycles. The van der Waals surface area contributed by atoms with Crippen molar-refractivity contribution in [2.24, 2.45) is 0 Å². The third-order valence-corrected chi connectivity index (χ3v) is 6.66. The second-order valence-corrected chi connectivity index (χ2v) is 9.78. The van der Waals surface area contributed by atoms with Gasteiger partial charge in [0, 0.05) is 12.8 Å². The summed E-state index contributed by atoms with van der Waals surface area (Å²) in [6.07, 6.45) is -0.831. The molecule has 0 spiro atoms. The molecule has 0 saturated heterocycles. The van der Waals surface area contributed by atoms with Gasteiger partial charge in [-0.3, -0.25) is 4.79 Å². The predicted octanol–water partition coefficient (Wildman–Crippen LogP) is 5.19. The molecule has 0 radical (unpaired) electrons. The Morgan fingerprint density at radius 3 is 1.74 bits per heavy atom. The summed E-state index contributed by atoms with van der Waals surface area (Å²) in [7, 11) is 1.21. The minimum atomic E-state index is -1.27. The van der Waals surface area contributed by atoms with Gasteiger partial charge >= 0.3 is 18.0 Å². The molecule has 0 unspecified atom stereocenters. The fourth-order valence-electron chi connectivity index (χ4n) is 4.37. The molecule has 0 aliphatic heterocycles. The van der Waals surface area contributed by atoms with Gasteiger partial charge in [-0.25, -0.2) is 20.0 Å². The number of nitrogens with zero attached hydrogens (tertiary/aromatic N) is 1. The van der Waals surface area contributed by atoms with Gasteiger partial charge in [0.1, 0.15) is 25.0 Å². The highest BCUT2D eigenvalue weighted by atomic mass is 16.6. The van der Waals surface area contributed by atoms with Crippen LogP contribution in [0.3, 0.4) is 0 Å². The average Bonchev–Trinajstić information content (AvgIpc) is 3.05. The minimum Gasteiger partial charge on any atom is -0.489 e. The van der Waals surface area contributed by atoms with Crippen LogP contribution in [0.15, 0.2) is 115 Å². The van der Waals surface area contributed by atoms with Crippen molar-refractivity contribution in [3.05, 3.63) is 138 Å². The van der Waals surface area contributed by atoms with Crippen LogP contribution in [-0.4, -0.2) is 47.3 Å². The van der Waals surface area contributed by atoms with Crippen LogP contribution in [0.2, 0.25) is 0 Å². The van der Waals surface area contributed by atoms with Gasteiger partial charge in [0.15, 0.2) is 6.04 Å². The molecule has 0 aliphatic rings. The van der Waals surface area contributed by atoms with Crippen LogP contribution in [0.25, 0.3) is 0 Å². The van der Waals surface area contributed by atoms with Gasteiger partial charge < -0.3 is 19.3 Å². The second kappa shape index (κ2) is 15.7. The SMILES string of the molecule is COC(=O)[C@H](Cc1ccccc1)N(N[C@@H](Cc1ccc(OCc2ccccc2)cc1)C(=O)O)C(=O)OCc1ccccc1. The number of benzene rings is 4. The van der Waals surface area contributed by atoms with Gasteiger partial charge in [0.25, 0.3) is 0 Å². The van der Waals surface area contributed by atoms with Crippen LogP contribution in [0.4, 0.5) is 4.79 Å². The zero-order valence-electron chi connectivity index (χ0n) is 23.8. The first kappa shape index (κ1) is 30.8. The third-order valence-electron chi connectivity index (χ3n) is 6.66. The van der Waals surface area contributed by atoms with Crippen molar-refractivity contribution in [2.75, 3.05) is 7.11 Å². The molecule has 4 rings (SSSR count). The summed E-state index contributed by atoms with van der Waals surface area (Å²) in [6, 6.07) is 32.4. The summed E-state index contributed by atoms with van der Waals surface area (Å²) in [4.78, 5) is 38.8. The van der Waals surface area contributed by atoms with E-state index in [-0.39, 0.29) is 19.4 Å². The number of carbonyl (C=O) groups excluding carboxylic acids is 2. The molecule has 9 nitrogen and oxygen atoms in total. The van der Waals surface area contributed by atoms with Crippen molar-refractivity contribution < 1.29 is 33.7 Å². The maximum atomic E-state index is 13.4. The third kappa shape index (κ3) is 9.44. The fraction of sp³-hybridized carbons (Fsp3) is 0.206. The summed E-state index contributed by atoms with van der Waals surface area (Å²) < 4.78 is 16.4. The molecular formula is C34H34N2O7. The molecule has 1 amide bonds. The number of hydrogen-bond donors (Lipinski definition) is 2. The quantitative estimate of drug-likeness (QED) is 0.154. The molecule has 4 aromatic carbocycles. The van der Waals surface area contributed by atoms with E-state index in [4.69, 9.17) is 14.2 Å². The average molecular weight is 583 g/mol. The number of rotatable bonds is 14. The first-order chi connectivity index (χ1) is 20.9. The largest absolute Gasteiger partial charge is 0.489 e. The first-order valence-electron chi connectivity index (χ1n) is 13.8. The Labute approximate surface area is 250 Å². The van der Waals surface area contributed by atoms with Crippen molar-refractivity contribution in [2.45, 2.75) is 38.1 Å². The van der Waals surface area contributed by atoms with Crippen LogP contribution < -0.4 is 10.2 Å². The van der Waals surface area contributed by atoms with Gasteiger partial charge in [-0.15, -0.1) is 0 Å². The number of carboxylic acid groups (broad SMARTS) is 1. The van der Waals surface area contributed by atoms with Crippen LogP contribution in [0, 0.1) is 0 Å². The summed E-state index contributed by atoms with van der Waals surface area (Å²) in [5, 5.41) is 11.1. The molecule has 0 bridgehead atoms. The lowest BCUT2D eigenvalue weighted by Gasteiger charge is -2.32. The zero-order valence-corrected chi connectivity index (χ0v) is 23.8. The Morgan fingerprint density at radius 2 is 1.21 bits per heavy atom. The van der Waals surface area contributed by atoms with Crippen molar-refractivity contribution in [1.82, 2.24) is 10.4 Å². The smallest absolute Gasteiger partial charge is 0.425 e. The Hall–Kier alpha value is -5.15. The number of hydrogen-bond acceptors (Lipinski definition) is 7. The fourth-order valence-corrected chi connectivity index (χ4v) is 4.37. The number of hydrazine groups is 1. The van der Waals surface area contributed by atoms with E-state index in [1.54, 1.807) is 48.5 Å². The minimum absolute atomic E-state index is 0.00991. The molecular weight excluding hydrogens is 548 g/mol. The van der Waals surface area contributed by atoms with Crippen molar-refractivity contribution in [3.63, 3.8) is 0 Å². The Bertz CT molecular complexity index is 1450. The monoisotopic (exact) mass is 582 g/mol. The van der Waals surface area contributed by atoms with Crippen LogP contribution in [-0.2, 0) is 45.1 Å². The van der Waals surface area contributed by atoms with E-state index >= 15 is 0 Å². The second-order valence-electron chi connectivity index (χ2n) is 9.78. The number of carbonyl (C=O) groups is 3. The van der Waals surface area contributed by atoms with E-state index in [1.807, 2.05) is 66.7 Å². The first-order valence-corrected chi connectivity index (χ1v) is 13.8. The van der Waals surface area contributed by atoms with Gasteiger partial charge in [-0.05, 0) is 34.4 Å². The Morgan fingerprint density at radius 1 is 0.698 bits per heavy atom. The highest BCUT2D eigenvalue weighted by molar-refractivity contribution is 5.82. The van der Waals surface area contributed by atoms with E-state index in [0.29, 0.717) is 17.9 Å². The zero-order chi connectivity index (χ0) is 30.4. The highest BCUT2D eigenvalue weighted by Crippen LogP contribution is 2.17. The number of esters is 1. The van der Waals surface area contributed by atoms with E-state index in [9.17, 15) is 19.5 Å². The summed E-state index contributed by atoms with van der Waals surface area (Å²) >= 11 is 0. The molecule has 9 heteroatoms. The van der Waals surface area contributed by atoms with E-state index in [0.717, 1.165) is 21.7 Å². The lowest BCUT2D eigenvalue weighted by molar-refractivity contribution is -0.150. The molecule has 0 fully saturated rings. The number of methoxy groups -OCH3 is 1. The molecule has 2 N–H and O–H groups in total. The Kier molecular flexibility index (Phi) is 11.3. The van der Waals surface area contributed by atoms with Crippen LogP contribution in [0.5, 0.6) is 5.75 Å². The van der Waals surface area contributed by atoms with Crippen molar-refractivity contribution in [3.8, 4) is 5.75 Å². The van der Waals surface area contributed by atoms with Crippen LogP contribution >= 0.6 is 0 Å². The van der Waals surface area contributed by atoms with Gasteiger partial charge in [-0.2, -0.15) is 0 Å². The van der Waals surface area contributed by atoms with Crippen molar-refractivity contribution >= 4 is 18.0 Å². The molecule has 0 saturated carbocycles. The van der Waals surface area contributed by atoms with Gasteiger partial charge in [0.2, 0.25) is 0 Å². The lowest BCUT2D eigenvalue weighted by atomic mass is 10.0. The van der Waals surface area contributed by atoms with Crippen LogP contribution in [0.1, 0.15) is 22.3 Å². The predicted molar refractivity (Wildman–Crippen MR) is 160 cm³/mol. The number of aliphatic carboxylic acids is 1. The standard InChI is InChI=1S/C34H34N2O7/c1-41-33(39)31(22-25-11-5-2-6-12-25)36(34(40)43-24-28-15-9-4-10-16-28)35-30(32(37)38)21-26-17-19-29(20-18-26)42-23-27-13-7-3-8-14-27/h2-20,30-31,35H,21-24H2,1H3,(H,37,38)/t30-,31-/m0/s1. The number of amides is 1. The summed E-state index contributed by atoms with van der Waals surface area (Å²) in [5.41, 5.74) is 5.95. The summed E-state index contributed by atoms with van der Waals surface area (Å²) in [6.45, 7) is 0.329.